The maximum absolute atomic E-state index is 5.87. The fourth-order valence-corrected chi connectivity index (χ4v) is 2.25. The zero-order valence-electron chi connectivity index (χ0n) is 12.0. The molecule has 108 valence electrons. The van der Waals surface area contributed by atoms with Crippen molar-refractivity contribution < 1.29 is 0 Å². The largest absolute Gasteiger partial charge is 0.384 e. The minimum atomic E-state index is 0.512. The number of benzene rings is 1. The van der Waals surface area contributed by atoms with Crippen molar-refractivity contribution in [1.82, 2.24) is 25.0 Å². The molecule has 0 aliphatic rings. The molecule has 0 saturated heterocycles. The summed E-state index contributed by atoms with van der Waals surface area (Å²) in [7, 11) is 0. The van der Waals surface area contributed by atoms with Crippen molar-refractivity contribution in [1.29, 1.82) is 0 Å². The number of nitrogen functional groups attached to an aromatic ring is 1. The highest BCUT2D eigenvalue weighted by Gasteiger charge is 2.07. The quantitative estimate of drug-likeness (QED) is 0.746. The van der Waals surface area contributed by atoms with Crippen molar-refractivity contribution in [3.63, 3.8) is 0 Å². The maximum atomic E-state index is 5.87. The van der Waals surface area contributed by atoms with Gasteiger partial charge in [0.25, 0.3) is 0 Å². The molecule has 21 heavy (non-hydrogen) atoms. The number of nitrogens with zero attached hydrogens (tertiary/aromatic N) is 4. The first kappa shape index (κ1) is 13.4. The Balaban J connectivity index is 1.62. The van der Waals surface area contributed by atoms with Gasteiger partial charge in [0, 0.05) is 12.5 Å². The molecule has 0 amide bonds. The molecule has 0 aliphatic carbocycles. The fraction of sp³-hybridized carbons (Fsp3) is 0.267. The van der Waals surface area contributed by atoms with Crippen LogP contribution in [-0.2, 0) is 19.4 Å². The normalized spacial score (nSPS) is 10.9. The van der Waals surface area contributed by atoms with Crippen LogP contribution in [0.4, 0.5) is 5.82 Å². The third-order valence-electron chi connectivity index (χ3n) is 3.29. The van der Waals surface area contributed by atoms with Gasteiger partial charge in [-0.1, -0.05) is 30.3 Å². The average molecular weight is 282 g/mol. The summed E-state index contributed by atoms with van der Waals surface area (Å²) in [4.78, 5) is 4.49. The van der Waals surface area contributed by atoms with Crippen LogP contribution in [0.25, 0.3) is 0 Å². The summed E-state index contributed by atoms with van der Waals surface area (Å²) in [6.45, 7) is 2.43. The van der Waals surface area contributed by atoms with Crippen molar-refractivity contribution in [3.8, 4) is 0 Å². The summed E-state index contributed by atoms with van der Waals surface area (Å²) in [5.74, 6) is 2.22. The lowest BCUT2D eigenvalue weighted by molar-refractivity contribution is 0.660. The molecular formula is C15H18N6. The Morgan fingerprint density at radius 3 is 2.71 bits per heavy atom. The van der Waals surface area contributed by atoms with E-state index in [4.69, 9.17) is 5.73 Å². The van der Waals surface area contributed by atoms with Crippen molar-refractivity contribution in [2.45, 2.75) is 26.3 Å². The van der Waals surface area contributed by atoms with Gasteiger partial charge < -0.3 is 5.73 Å². The first-order chi connectivity index (χ1) is 10.2. The van der Waals surface area contributed by atoms with Crippen molar-refractivity contribution in [2.24, 2.45) is 0 Å². The lowest BCUT2D eigenvalue weighted by atomic mass is 10.1. The number of aromatic nitrogens is 5. The van der Waals surface area contributed by atoms with Gasteiger partial charge in [-0.25, -0.2) is 9.67 Å². The summed E-state index contributed by atoms with van der Waals surface area (Å²) in [5.41, 5.74) is 8.06. The van der Waals surface area contributed by atoms with Gasteiger partial charge in [-0.15, -0.1) is 0 Å². The van der Waals surface area contributed by atoms with Crippen LogP contribution in [-0.4, -0.2) is 25.0 Å². The Labute approximate surface area is 123 Å². The van der Waals surface area contributed by atoms with E-state index in [1.54, 1.807) is 4.68 Å². The zero-order chi connectivity index (χ0) is 14.7. The highest BCUT2D eigenvalue weighted by atomic mass is 15.3. The molecule has 0 atom stereocenters. The number of nitrogens with two attached hydrogens (primary N) is 1. The Bertz CT molecular complexity index is 713. The predicted octanol–water partition coefficient (Wildman–Crippen LogP) is 1.73. The molecule has 3 aromatic rings. The van der Waals surface area contributed by atoms with Gasteiger partial charge in [0.2, 0.25) is 0 Å². The van der Waals surface area contributed by atoms with Crippen LogP contribution in [0.1, 0.15) is 22.9 Å². The standard InChI is InChI=1S/C15H18N6/c1-11-9-13(16)21(20-11)10-15-17-14(18-19-15)8-7-12-5-3-2-4-6-12/h2-6,9H,7-8,10,16H2,1H3,(H,17,18,19). The van der Waals surface area contributed by atoms with Gasteiger partial charge in [0.15, 0.2) is 5.82 Å². The first-order valence-corrected chi connectivity index (χ1v) is 6.95. The molecule has 2 aromatic heterocycles. The molecule has 1 aromatic carbocycles. The molecule has 0 fully saturated rings. The Morgan fingerprint density at radius 2 is 2.00 bits per heavy atom. The van der Waals surface area contributed by atoms with Gasteiger partial charge >= 0.3 is 0 Å². The number of anilines is 1. The number of hydrogen-bond donors (Lipinski definition) is 2. The van der Waals surface area contributed by atoms with Crippen LogP contribution < -0.4 is 5.73 Å². The highest BCUT2D eigenvalue weighted by molar-refractivity contribution is 5.30. The molecular weight excluding hydrogens is 264 g/mol. The highest BCUT2D eigenvalue weighted by Crippen LogP contribution is 2.08. The van der Waals surface area contributed by atoms with Crippen LogP contribution >= 0.6 is 0 Å². The van der Waals surface area contributed by atoms with E-state index >= 15 is 0 Å². The van der Waals surface area contributed by atoms with Gasteiger partial charge in [-0.05, 0) is 18.9 Å². The Kier molecular flexibility index (Phi) is 3.68. The average Bonchev–Trinajstić information content (AvgIpc) is 3.05. The molecule has 0 radical (unpaired) electrons. The molecule has 0 spiro atoms. The van der Waals surface area contributed by atoms with Gasteiger partial charge in [0.1, 0.15) is 18.2 Å². The molecule has 0 aliphatic heterocycles. The number of H-pyrrole nitrogens is 1. The zero-order valence-corrected chi connectivity index (χ0v) is 12.0. The summed E-state index contributed by atoms with van der Waals surface area (Å²) >= 11 is 0. The van der Waals surface area contributed by atoms with E-state index < -0.39 is 0 Å². The number of rotatable bonds is 5. The van der Waals surface area contributed by atoms with E-state index in [9.17, 15) is 0 Å². The maximum Gasteiger partial charge on any atom is 0.151 e. The molecule has 0 unspecified atom stereocenters. The van der Waals surface area contributed by atoms with E-state index in [1.165, 1.54) is 5.56 Å². The topological polar surface area (TPSA) is 85.4 Å². The van der Waals surface area contributed by atoms with Gasteiger partial charge in [-0.2, -0.15) is 10.2 Å². The van der Waals surface area contributed by atoms with E-state index in [1.807, 2.05) is 31.2 Å². The van der Waals surface area contributed by atoms with Crippen LogP contribution in [0.2, 0.25) is 0 Å². The molecule has 3 N–H and O–H groups in total. The van der Waals surface area contributed by atoms with Crippen LogP contribution in [0, 0.1) is 6.92 Å². The molecule has 6 nitrogen and oxygen atoms in total. The number of hydrogen-bond acceptors (Lipinski definition) is 4. The van der Waals surface area contributed by atoms with E-state index in [-0.39, 0.29) is 0 Å². The molecule has 3 rings (SSSR count). The fourth-order valence-electron chi connectivity index (χ4n) is 2.25. The second kappa shape index (κ2) is 5.78. The van der Waals surface area contributed by atoms with Gasteiger partial charge in [-0.3, -0.25) is 5.10 Å². The first-order valence-electron chi connectivity index (χ1n) is 6.95. The van der Waals surface area contributed by atoms with Crippen LogP contribution in [0.15, 0.2) is 36.4 Å². The van der Waals surface area contributed by atoms with E-state index in [0.29, 0.717) is 12.4 Å². The monoisotopic (exact) mass is 282 g/mol. The van der Waals surface area contributed by atoms with E-state index in [2.05, 4.69) is 32.4 Å². The lowest BCUT2D eigenvalue weighted by Gasteiger charge is -1.99. The SMILES string of the molecule is Cc1cc(N)n(Cc2nc(CCc3ccccc3)n[nH]2)n1. The van der Waals surface area contributed by atoms with E-state index in [0.717, 1.165) is 30.2 Å². The Hall–Kier alpha value is -2.63. The Morgan fingerprint density at radius 1 is 1.19 bits per heavy atom. The molecule has 0 saturated carbocycles. The summed E-state index contributed by atoms with van der Waals surface area (Å²) in [5, 5.41) is 11.5. The minimum absolute atomic E-state index is 0.512. The third kappa shape index (κ3) is 3.28. The number of nitrogens with one attached hydrogen (secondary N) is 1. The van der Waals surface area contributed by atoms with Crippen LogP contribution in [0.3, 0.4) is 0 Å². The lowest BCUT2D eigenvalue weighted by Crippen LogP contribution is -2.07. The van der Waals surface area contributed by atoms with Crippen LogP contribution in [0.5, 0.6) is 0 Å². The second-order valence-corrected chi connectivity index (χ2v) is 5.05. The molecule has 2 heterocycles. The van der Waals surface area contributed by atoms with Crippen molar-refractivity contribution in [2.75, 3.05) is 5.73 Å². The summed E-state index contributed by atoms with van der Waals surface area (Å²) in [6, 6.07) is 12.2. The summed E-state index contributed by atoms with van der Waals surface area (Å²) < 4.78 is 1.72. The van der Waals surface area contributed by atoms with Crippen molar-refractivity contribution >= 4 is 5.82 Å². The molecule has 0 bridgehead atoms. The third-order valence-corrected chi connectivity index (χ3v) is 3.29. The number of aryl methyl sites for hydroxylation is 3. The molecule has 6 heteroatoms. The van der Waals surface area contributed by atoms with Gasteiger partial charge in [0.05, 0.1) is 5.69 Å². The number of aromatic amines is 1. The predicted molar refractivity (Wildman–Crippen MR) is 80.7 cm³/mol. The second-order valence-electron chi connectivity index (χ2n) is 5.05. The van der Waals surface area contributed by atoms with Crippen molar-refractivity contribution in [3.05, 3.63) is 59.3 Å². The smallest absolute Gasteiger partial charge is 0.151 e. The minimum Gasteiger partial charge on any atom is -0.384 e. The summed E-state index contributed by atoms with van der Waals surface area (Å²) in [6.07, 6.45) is 1.75.